The van der Waals surface area contributed by atoms with Gasteiger partial charge in [-0.25, -0.2) is 9.97 Å². The predicted octanol–water partition coefficient (Wildman–Crippen LogP) is 0.867. The van der Waals surface area contributed by atoms with Crippen LogP contribution in [-0.2, 0) is 24.8 Å². The van der Waals surface area contributed by atoms with E-state index in [0.29, 0.717) is 18.2 Å². The molecule has 3 rings (SSSR count). The average Bonchev–Trinajstić information content (AvgIpc) is 3.08. The van der Waals surface area contributed by atoms with E-state index in [1.165, 1.54) is 0 Å². The Balaban J connectivity index is 1.69. The number of methoxy groups -OCH3 is 1. The number of carbonyl (C=O) groups is 1. The Morgan fingerprint density at radius 3 is 2.91 bits per heavy atom. The molecule has 2 heterocycles. The van der Waals surface area contributed by atoms with Crippen LogP contribution in [-0.4, -0.2) is 37.7 Å². The van der Waals surface area contributed by atoms with Gasteiger partial charge in [-0.3, -0.25) is 9.89 Å². The number of rotatable bonds is 5. The van der Waals surface area contributed by atoms with Crippen LogP contribution in [0.5, 0.6) is 5.75 Å². The molecule has 23 heavy (non-hydrogen) atoms. The second kappa shape index (κ2) is 6.07. The van der Waals surface area contributed by atoms with Crippen LogP contribution in [0.1, 0.15) is 17.5 Å². The molecule has 1 aromatic carbocycles. The smallest absolute Gasteiger partial charge is 0.228 e. The number of ether oxygens (including phenoxy) is 1. The lowest BCUT2D eigenvalue weighted by molar-refractivity contribution is -0.120. The third-order valence-electron chi connectivity index (χ3n) is 3.59. The lowest BCUT2D eigenvalue weighted by Gasteiger charge is -2.04. The number of fused-ring (bicyclic) bond motifs is 1. The summed E-state index contributed by atoms with van der Waals surface area (Å²) in [7, 11) is 3.54. The van der Waals surface area contributed by atoms with Gasteiger partial charge < -0.3 is 14.6 Å². The van der Waals surface area contributed by atoms with Gasteiger partial charge in [0, 0.05) is 13.1 Å². The first kappa shape index (κ1) is 15.0. The molecule has 0 spiro atoms. The van der Waals surface area contributed by atoms with Crippen LogP contribution in [0, 0.1) is 6.92 Å². The highest BCUT2D eigenvalue weighted by Crippen LogP contribution is 2.20. The highest BCUT2D eigenvalue weighted by Gasteiger charge is 2.11. The van der Waals surface area contributed by atoms with E-state index in [4.69, 9.17) is 4.74 Å². The fraction of sp³-hybridized carbons (Fsp3) is 0.333. The second-order valence-corrected chi connectivity index (χ2v) is 5.23. The monoisotopic (exact) mass is 314 g/mol. The van der Waals surface area contributed by atoms with Crippen molar-refractivity contribution in [3.05, 3.63) is 35.7 Å². The zero-order valence-corrected chi connectivity index (χ0v) is 13.3. The largest absolute Gasteiger partial charge is 0.497 e. The minimum absolute atomic E-state index is 0.141. The predicted molar refractivity (Wildman–Crippen MR) is 83.9 cm³/mol. The van der Waals surface area contributed by atoms with Gasteiger partial charge in [0.2, 0.25) is 5.91 Å². The number of carbonyl (C=O) groups excluding carboxylic acids is 1. The van der Waals surface area contributed by atoms with Gasteiger partial charge in [0.1, 0.15) is 17.4 Å². The molecule has 120 valence electrons. The molecular formula is C15H18N6O2. The van der Waals surface area contributed by atoms with Crippen molar-refractivity contribution < 1.29 is 9.53 Å². The molecule has 0 bridgehead atoms. The number of aromatic amines is 1. The van der Waals surface area contributed by atoms with E-state index in [-0.39, 0.29) is 12.3 Å². The maximum atomic E-state index is 12.0. The van der Waals surface area contributed by atoms with Gasteiger partial charge in [-0.1, -0.05) is 0 Å². The number of aryl methyl sites for hydroxylation is 2. The molecule has 0 radical (unpaired) electrons. The molecule has 0 atom stereocenters. The SMILES string of the molecule is COc1ccc2c(c1)nc(CNC(=O)Cc1n[nH]c(C)n1)n2C. The van der Waals surface area contributed by atoms with Gasteiger partial charge in [0.05, 0.1) is 31.1 Å². The van der Waals surface area contributed by atoms with Crippen LogP contribution in [0.25, 0.3) is 11.0 Å². The highest BCUT2D eigenvalue weighted by atomic mass is 16.5. The van der Waals surface area contributed by atoms with Crippen molar-refractivity contribution in [3.63, 3.8) is 0 Å². The zero-order valence-electron chi connectivity index (χ0n) is 13.3. The molecule has 1 amide bonds. The van der Waals surface area contributed by atoms with Crippen LogP contribution in [0.4, 0.5) is 0 Å². The summed E-state index contributed by atoms with van der Waals surface area (Å²) in [4.78, 5) is 20.6. The molecule has 0 saturated heterocycles. The number of imidazole rings is 1. The van der Waals surface area contributed by atoms with E-state index in [9.17, 15) is 4.79 Å². The minimum Gasteiger partial charge on any atom is -0.497 e. The van der Waals surface area contributed by atoms with Crippen LogP contribution in [0.2, 0.25) is 0 Å². The number of benzene rings is 1. The number of nitrogens with one attached hydrogen (secondary N) is 2. The first-order chi connectivity index (χ1) is 11.1. The fourth-order valence-electron chi connectivity index (χ4n) is 2.37. The van der Waals surface area contributed by atoms with Crippen molar-refractivity contribution in [1.82, 2.24) is 30.0 Å². The maximum Gasteiger partial charge on any atom is 0.228 e. The Kier molecular flexibility index (Phi) is 3.96. The van der Waals surface area contributed by atoms with E-state index in [1.54, 1.807) is 14.0 Å². The first-order valence-corrected chi connectivity index (χ1v) is 7.20. The molecule has 0 saturated carbocycles. The third-order valence-corrected chi connectivity index (χ3v) is 3.59. The van der Waals surface area contributed by atoms with Gasteiger partial charge in [-0.15, -0.1) is 0 Å². The maximum absolute atomic E-state index is 12.0. The van der Waals surface area contributed by atoms with E-state index < -0.39 is 0 Å². The van der Waals surface area contributed by atoms with E-state index >= 15 is 0 Å². The number of aromatic nitrogens is 5. The summed E-state index contributed by atoms with van der Waals surface area (Å²) in [6, 6.07) is 5.71. The van der Waals surface area contributed by atoms with Gasteiger partial charge in [0.15, 0.2) is 5.82 Å². The molecule has 3 aromatic rings. The molecule has 8 heteroatoms. The van der Waals surface area contributed by atoms with Crippen molar-refractivity contribution >= 4 is 16.9 Å². The zero-order chi connectivity index (χ0) is 16.4. The van der Waals surface area contributed by atoms with Crippen LogP contribution in [0.3, 0.4) is 0 Å². The van der Waals surface area contributed by atoms with Crippen molar-refractivity contribution in [2.75, 3.05) is 7.11 Å². The summed E-state index contributed by atoms with van der Waals surface area (Å²) >= 11 is 0. The summed E-state index contributed by atoms with van der Waals surface area (Å²) in [5.74, 6) is 2.56. The molecule has 0 aliphatic heterocycles. The summed E-state index contributed by atoms with van der Waals surface area (Å²) in [5, 5.41) is 9.51. The van der Waals surface area contributed by atoms with Gasteiger partial charge >= 0.3 is 0 Å². The Bertz CT molecular complexity index is 851. The summed E-state index contributed by atoms with van der Waals surface area (Å²) in [6.07, 6.45) is 0.141. The second-order valence-electron chi connectivity index (χ2n) is 5.23. The summed E-state index contributed by atoms with van der Waals surface area (Å²) in [6.45, 7) is 2.14. The standard InChI is InChI=1S/C15H18N6O2/c1-9-17-13(20-19-9)7-15(22)16-8-14-18-11-6-10(23-3)4-5-12(11)21(14)2/h4-6H,7-8H2,1-3H3,(H,16,22)(H,17,19,20). The van der Waals surface area contributed by atoms with E-state index in [0.717, 1.165) is 22.6 Å². The molecule has 2 aromatic heterocycles. The number of H-pyrrole nitrogens is 1. The highest BCUT2D eigenvalue weighted by molar-refractivity contribution is 5.79. The quantitative estimate of drug-likeness (QED) is 0.728. The Morgan fingerprint density at radius 1 is 1.39 bits per heavy atom. The average molecular weight is 314 g/mol. The Hall–Kier alpha value is -2.90. The van der Waals surface area contributed by atoms with Crippen molar-refractivity contribution in [2.24, 2.45) is 7.05 Å². The van der Waals surface area contributed by atoms with Gasteiger partial charge in [-0.2, -0.15) is 5.10 Å². The topological polar surface area (TPSA) is 97.7 Å². The lowest BCUT2D eigenvalue weighted by atomic mass is 10.3. The molecule has 2 N–H and O–H groups in total. The van der Waals surface area contributed by atoms with Crippen molar-refractivity contribution in [3.8, 4) is 5.75 Å². The molecule has 0 unspecified atom stereocenters. The van der Waals surface area contributed by atoms with Crippen LogP contribution in [0.15, 0.2) is 18.2 Å². The van der Waals surface area contributed by atoms with E-state index in [1.807, 2.05) is 29.8 Å². The van der Waals surface area contributed by atoms with Crippen molar-refractivity contribution in [1.29, 1.82) is 0 Å². The number of hydrogen-bond acceptors (Lipinski definition) is 5. The Labute approximate surface area is 132 Å². The number of nitrogens with zero attached hydrogens (tertiary/aromatic N) is 4. The number of hydrogen-bond donors (Lipinski definition) is 2. The molecule has 0 fully saturated rings. The Morgan fingerprint density at radius 2 is 2.22 bits per heavy atom. The molecule has 0 aliphatic rings. The molecule has 0 aliphatic carbocycles. The fourth-order valence-corrected chi connectivity index (χ4v) is 2.37. The summed E-state index contributed by atoms with van der Waals surface area (Å²) < 4.78 is 7.15. The van der Waals surface area contributed by atoms with Crippen LogP contribution >= 0.6 is 0 Å². The van der Waals surface area contributed by atoms with Gasteiger partial charge in [0.25, 0.3) is 0 Å². The normalized spacial score (nSPS) is 10.9. The summed E-state index contributed by atoms with van der Waals surface area (Å²) in [5.41, 5.74) is 1.82. The lowest BCUT2D eigenvalue weighted by Crippen LogP contribution is -2.26. The van der Waals surface area contributed by atoms with Gasteiger partial charge in [-0.05, 0) is 19.1 Å². The van der Waals surface area contributed by atoms with E-state index in [2.05, 4.69) is 25.5 Å². The van der Waals surface area contributed by atoms with Crippen molar-refractivity contribution in [2.45, 2.75) is 19.9 Å². The third kappa shape index (κ3) is 3.15. The van der Waals surface area contributed by atoms with Crippen LogP contribution < -0.4 is 10.1 Å². The molecular weight excluding hydrogens is 296 g/mol. The first-order valence-electron chi connectivity index (χ1n) is 7.20. The minimum atomic E-state index is -0.145. The molecule has 8 nitrogen and oxygen atoms in total. The number of amides is 1.